The molecule has 2 heteroatoms. The second-order valence-electron chi connectivity index (χ2n) is 5.75. The Morgan fingerprint density at radius 3 is 2.14 bits per heavy atom. The normalized spacial score (nSPS) is 13.3. The summed E-state index contributed by atoms with van der Waals surface area (Å²) in [7, 11) is 2.70. The van der Waals surface area contributed by atoms with Crippen molar-refractivity contribution in [2.45, 2.75) is 66.2 Å². The maximum Gasteiger partial charge on any atom is 0.0396 e. The Morgan fingerprint density at radius 2 is 1.62 bits per heavy atom. The zero-order chi connectivity index (χ0) is 15.7. The van der Waals surface area contributed by atoms with Gasteiger partial charge in [0.05, 0.1) is 0 Å². The van der Waals surface area contributed by atoms with Crippen molar-refractivity contribution in [1.82, 2.24) is 0 Å². The summed E-state index contributed by atoms with van der Waals surface area (Å²) in [6.45, 7) is 8.71. The summed E-state index contributed by atoms with van der Waals surface area (Å²) in [5, 5.41) is 0. The predicted octanol–water partition coefficient (Wildman–Crippen LogP) is 5.94. The molecule has 1 aromatic carbocycles. The Labute approximate surface area is 133 Å². The molecule has 0 saturated carbocycles. The molecule has 0 saturated heterocycles. The van der Waals surface area contributed by atoms with E-state index in [0.29, 0.717) is 0 Å². The summed E-state index contributed by atoms with van der Waals surface area (Å²) in [5.41, 5.74) is 6.66. The molecule has 21 heavy (non-hydrogen) atoms. The quantitative estimate of drug-likeness (QED) is 0.416. The van der Waals surface area contributed by atoms with Crippen LogP contribution in [0.4, 0.5) is 0 Å². The van der Waals surface area contributed by atoms with E-state index in [1.807, 2.05) is 6.92 Å². The summed E-state index contributed by atoms with van der Waals surface area (Å²) < 4.78 is 0. The van der Waals surface area contributed by atoms with E-state index in [1.54, 1.807) is 0 Å². The molecule has 0 N–H and O–H groups in total. The van der Waals surface area contributed by atoms with Gasteiger partial charge in [0.15, 0.2) is 0 Å². The number of hydrogen-bond acceptors (Lipinski definition) is 1. The molecule has 0 aliphatic heterocycles. The maximum atomic E-state index is 4.71. The molecule has 1 atom stereocenters. The fourth-order valence-corrected chi connectivity index (χ4v) is 2.65. The zero-order valence-corrected chi connectivity index (χ0v) is 15.2. The van der Waals surface area contributed by atoms with Crippen LogP contribution in [0.1, 0.15) is 64.5 Å². The average molecular weight is 303 g/mol. The molecular weight excluding hydrogens is 273 g/mol. The van der Waals surface area contributed by atoms with E-state index in [2.05, 4.69) is 54.3 Å². The number of aryl methyl sites for hydroxylation is 2. The van der Waals surface area contributed by atoms with E-state index in [-0.39, 0.29) is 0 Å². The van der Waals surface area contributed by atoms with Gasteiger partial charge in [0.2, 0.25) is 0 Å². The molecule has 0 fully saturated rings. The summed E-state index contributed by atoms with van der Waals surface area (Å²) in [5.74, 6) is 0. The van der Waals surface area contributed by atoms with Crippen LogP contribution in [0.25, 0.3) is 0 Å². The van der Waals surface area contributed by atoms with Crippen LogP contribution in [0.3, 0.4) is 0 Å². The minimum absolute atomic E-state index is 1.08. The lowest BCUT2D eigenvalue weighted by Gasteiger charge is -2.09. The molecule has 0 spiro atoms. The lowest BCUT2D eigenvalue weighted by Crippen LogP contribution is -1.93. The van der Waals surface area contributed by atoms with Gasteiger partial charge in [0.25, 0.3) is 0 Å². The average Bonchev–Trinajstić information content (AvgIpc) is 2.46. The summed E-state index contributed by atoms with van der Waals surface area (Å²) in [6.07, 6.45) is 6.85. The summed E-state index contributed by atoms with van der Waals surface area (Å²) >= 11 is 0. The van der Waals surface area contributed by atoms with Gasteiger partial charge >= 0.3 is 0 Å². The molecule has 0 amide bonds. The van der Waals surface area contributed by atoms with Crippen molar-refractivity contribution in [3.05, 3.63) is 46.7 Å². The highest BCUT2D eigenvalue weighted by molar-refractivity contribution is 7.40. The van der Waals surface area contributed by atoms with Crippen molar-refractivity contribution >= 4 is 14.7 Å². The first-order chi connectivity index (χ1) is 10.1. The van der Waals surface area contributed by atoms with Crippen molar-refractivity contribution in [2.24, 2.45) is 4.99 Å². The topological polar surface area (TPSA) is 12.4 Å². The predicted molar refractivity (Wildman–Crippen MR) is 99.2 cm³/mol. The molecule has 0 aliphatic rings. The van der Waals surface area contributed by atoms with Crippen molar-refractivity contribution in [3.63, 3.8) is 0 Å². The van der Waals surface area contributed by atoms with Crippen LogP contribution in [0, 0.1) is 0 Å². The van der Waals surface area contributed by atoms with Gasteiger partial charge in [-0.2, -0.15) is 0 Å². The molecule has 1 unspecified atom stereocenters. The minimum atomic E-state index is 1.08. The van der Waals surface area contributed by atoms with E-state index >= 15 is 0 Å². The van der Waals surface area contributed by atoms with E-state index < -0.39 is 0 Å². The molecule has 1 nitrogen and oxygen atoms in total. The van der Waals surface area contributed by atoms with Gasteiger partial charge in [0, 0.05) is 11.1 Å². The molecular formula is C19H30NP. The van der Waals surface area contributed by atoms with Crippen molar-refractivity contribution in [1.29, 1.82) is 0 Å². The maximum absolute atomic E-state index is 4.71. The van der Waals surface area contributed by atoms with Gasteiger partial charge in [-0.3, -0.25) is 4.99 Å². The first kappa shape index (κ1) is 18.1. The number of hydrogen-bond donors (Lipinski definition) is 0. The number of aliphatic imine (C=N–C) groups is 1. The number of allylic oxidation sites excluding steroid dienone is 2. The Morgan fingerprint density at radius 1 is 1.00 bits per heavy atom. The highest BCUT2D eigenvalue weighted by Crippen LogP contribution is 2.20. The van der Waals surface area contributed by atoms with E-state index in [0.717, 1.165) is 31.1 Å². The summed E-state index contributed by atoms with van der Waals surface area (Å²) in [4.78, 5) is 4.71. The number of benzene rings is 1. The van der Waals surface area contributed by atoms with Crippen LogP contribution in [0.15, 0.2) is 40.5 Å². The summed E-state index contributed by atoms with van der Waals surface area (Å²) in [6, 6.07) is 9.04. The van der Waals surface area contributed by atoms with E-state index in [4.69, 9.17) is 4.99 Å². The molecule has 0 radical (unpaired) electrons. The van der Waals surface area contributed by atoms with Gasteiger partial charge in [0.1, 0.15) is 0 Å². The Bertz CT molecular complexity index is 479. The molecule has 0 aromatic heterocycles. The SMILES string of the molecule is CCC/C(C)=C(/CCCc1ccc(CC)cc1)N=C(C)P. The fourth-order valence-electron chi connectivity index (χ4n) is 2.50. The van der Waals surface area contributed by atoms with Crippen molar-refractivity contribution in [2.75, 3.05) is 0 Å². The zero-order valence-electron chi connectivity index (χ0n) is 14.1. The van der Waals surface area contributed by atoms with Crippen molar-refractivity contribution < 1.29 is 0 Å². The highest BCUT2D eigenvalue weighted by Gasteiger charge is 2.03. The lowest BCUT2D eigenvalue weighted by molar-refractivity contribution is 0.778. The molecule has 0 aliphatic carbocycles. The van der Waals surface area contributed by atoms with Crippen LogP contribution < -0.4 is 0 Å². The smallest absolute Gasteiger partial charge is 0.0396 e. The van der Waals surface area contributed by atoms with E-state index in [9.17, 15) is 0 Å². The largest absolute Gasteiger partial charge is 0.258 e. The third-order valence-electron chi connectivity index (χ3n) is 3.74. The lowest BCUT2D eigenvalue weighted by atomic mass is 10.0. The fraction of sp³-hybridized carbons (Fsp3) is 0.526. The monoisotopic (exact) mass is 303 g/mol. The standard InChI is InChI=1S/C19H30NP/c1-5-8-15(3)19(20-16(4)21)10-7-9-18-13-11-17(6-2)12-14-18/h11-14H,5-10,21H2,1-4H3/b19-15-,20-16?. The second kappa shape index (κ2) is 9.90. The van der Waals surface area contributed by atoms with Gasteiger partial charge in [-0.15, -0.1) is 0 Å². The first-order valence-electron chi connectivity index (χ1n) is 8.14. The second-order valence-corrected chi connectivity index (χ2v) is 6.59. The molecule has 0 heterocycles. The van der Waals surface area contributed by atoms with Crippen LogP contribution >= 0.6 is 9.24 Å². The van der Waals surface area contributed by atoms with E-state index in [1.165, 1.54) is 35.2 Å². The molecule has 116 valence electrons. The van der Waals surface area contributed by atoms with Crippen LogP contribution in [-0.4, -0.2) is 5.45 Å². The van der Waals surface area contributed by atoms with Crippen LogP contribution in [0.2, 0.25) is 0 Å². The number of nitrogens with zero attached hydrogens (tertiary/aromatic N) is 1. The van der Waals surface area contributed by atoms with Crippen LogP contribution in [0.5, 0.6) is 0 Å². The first-order valence-corrected chi connectivity index (χ1v) is 8.71. The minimum Gasteiger partial charge on any atom is -0.258 e. The van der Waals surface area contributed by atoms with Gasteiger partial charge in [-0.25, -0.2) is 0 Å². The Hall–Kier alpha value is -0.940. The molecule has 0 bridgehead atoms. The Kier molecular flexibility index (Phi) is 8.54. The Balaban J connectivity index is 2.60. The highest BCUT2D eigenvalue weighted by atomic mass is 31.0. The molecule has 1 aromatic rings. The van der Waals surface area contributed by atoms with Crippen LogP contribution in [-0.2, 0) is 12.8 Å². The van der Waals surface area contributed by atoms with Gasteiger partial charge < -0.3 is 0 Å². The third kappa shape index (κ3) is 7.05. The van der Waals surface area contributed by atoms with Gasteiger partial charge in [-0.05, 0) is 57.1 Å². The number of rotatable bonds is 8. The van der Waals surface area contributed by atoms with Crippen molar-refractivity contribution in [3.8, 4) is 0 Å². The third-order valence-corrected chi connectivity index (χ3v) is 3.87. The molecule has 1 rings (SSSR count). The van der Waals surface area contributed by atoms with Gasteiger partial charge in [-0.1, -0.05) is 59.3 Å².